The predicted molar refractivity (Wildman–Crippen MR) is 69.8 cm³/mol. The van der Waals surface area contributed by atoms with Gasteiger partial charge in [-0.05, 0) is 31.2 Å². The Bertz CT molecular complexity index is 288. The van der Waals surface area contributed by atoms with Gasteiger partial charge in [0.2, 0.25) is 5.91 Å². The van der Waals surface area contributed by atoms with E-state index in [2.05, 4.69) is 31.0 Å². The van der Waals surface area contributed by atoms with Crippen molar-refractivity contribution in [1.82, 2.24) is 10.2 Å². The van der Waals surface area contributed by atoms with E-state index in [1.165, 1.54) is 25.7 Å². The highest BCUT2D eigenvalue weighted by molar-refractivity contribution is 5.84. The number of carbonyl (C=O) groups is 1. The van der Waals surface area contributed by atoms with Crippen molar-refractivity contribution < 1.29 is 4.79 Å². The van der Waals surface area contributed by atoms with Crippen LogP contribution in [0.25, 0.3) is 0 Å². The molecule has 2 atom stereocenters. The average molecular weight is 238 g/mol. The van der Waals surface area contributed by atoms with Crippen LogP contribution in [0.4, 0.5) is 0 Å². The van der Waals surface area contributed by atoms with Crippen LogP contribution in [0.5, 0.6) is 0 Å². The van der Waals surface area contributed by atoms with Gasteiger partial charge in [-0.3, -0.25) is 4.79 Å². The SMILES string of the molecule is CCNC1CCN(C2CCCCC2(C)C)C1=O. The molecule has 2 rings (SSSR count). The van der Waals surface area contributed by atoms with E-state index in [4.69, 9.17) is 0 Å². The largest absolute Gasteiger partial charge is 0.338 e. The lowest BCUT2D eigenvalue weighted by molar-refractivity contribution is -0.134. The predicted octanol–water partition coefficient (Wildman–Crippen LogP) is 2.17. The highest BCUT2D eigenvalue weighted by Gasteiger charge is 2.42. The molecule has 98 valence electrons. The molecule has 0 radical (unpaired) electrons. The zero-order valence-electron chi connectivity index (χ0n) is 11.5. The number of likely N-dealkylation sites (tertiary alicyclic amines) is 1. The van der Waals surface area contributed by atoms with Gasteiger partial charge in [0.15, 0.2) is 0 Å². The average Bonchev–Trinajstić information content (AvgIpc) is 2.61. The maximum atomic E-state index is 12.3. The zero-order valence-corrected chi connectivity index (χ0v) is 11.5. The first-order chi connectivity index (χ1) is 8.06. The number of nitrogens with zero attached hydrogens (tertiary/aromatic N) is 1. The lowest BCUT2D eigenvalue weighted by Gasteiger charge is -2.44. The van der Waals surface area contributed by atoms with Gasteiger partial charge in [-0.1, -0.05) is 33.6 Å². The Balaban J connectivity index is 2.05. The molecule has 0 aromatic carbocycles. The van der Waals surface area contributed by atoms with Crippen molar-refractivity contribution in [2.24, 2.45) is 5.41 Å². The number of hydrogen-bond donors (Lipinski definition) is 1. The van der Waals surface area contributed by atoms with E-state index in [9.17, 15) is 4.79 Å². The summed E-state index contributed by atoms with van der Waals surface area (Å²) in [5.74, 6) is 0.340. The minimum absolute atomic E-state index is 0.0812. The molecule has 2 unspecified atom stereocenters. The van der Waals surface area contributed by atoms with Crippen molar-refractivity contribution in [3.05, 3.63) is 0 Å². The molecule has 1 amide bonds. The Morgan fingerprint density at radius 1 is 1.35 bits per heavy atom. The minimum Gasteiger partial charge on any atom is -0.338 e. The molecule has 0 aromatic heterocycles. The maximum Gasteiger partial charge on any atom is 0.240 e. The summed E-state index contributed by atoms with van der Waals surface area (Å²) in [5.41, 5.74) is 0.301. The van der Waals surface area contributed by atoms with Gasteiger partial charge in [0.1, 0.15) is 0 Å². The van der Waals surface area contributed by atoms with E-state index in [0.717, 1.165) is 19.5 Å². The normalized spacial score (nSPS) is 33.1. The van der Waals surface area contributed by atoms with Crippen molar-refractivity contribution in [1.29, 1.82) is 0 Å². The topological polar surface area (TPSA) is 32.3 Å². The Kier molecular flexibility index (Phi) is 3.76. The summed E-state index contributed by atoms with van der Waals surface area (Å²) >= 11 is 0. The second-order valence-electron chi connectivity index (χ2n) is 6.18. The number of likely N-dealkylation sites (N-methyl/N-ethyl adjacent to an activating group) is 1. The van der Waals surface area contributed by atoms with Crippen molar-refractivity contribution >= 4 is 5.91 Å². The molecule has 0 spiro atoms. The molecule has 17 heavy (non-hydrogen) atoms. The summed E-state index contributed by atoms with van der Waals surface area (Å²) in [7, 11) is 0. The van der Waals surface area contributed by atoms with Gasteiger partial charge in [0.05, 0.1) is 6.04 Å². The monoisotopic (exact) mass is 238 g/mol. The molecule has 3 nitrogen and oxygen atoms in total. The number of carbonyl (C=O) groups excluding carboxylic acids is 1. The van der Waals surface area contributed by atoms with Crippen LogP contribution in [-0.4, -0.2) is 36.0 Å². The molecular formula is C14H26N2O. The van der Waals surface area contributed by atoms with Crippen LogP contribution in [0.2, 0.25) is 0 Å². The Hall–Kier alpha value is -0.570. The Morgan fingerprint density at radius 2 is 2.12 bits per heavy atom. The van der Waals surface area contributed by atoms with E-state index in [1.807, 2.05) is 0 Å². The fraction of sp³-hybridized carbons (Fsp3) is 0.929. The van der Waals surface area contributed by atoms with Crippen LogP contribution in [-0.2, 0) is 4.79 Å². The molecule has 1 N–H and O–H groups in total. The summed E-state index contributed by atoms with van der Waals surface area (Å²) in [6, 6.07) is 0.546. The Morgan fingerprint density at radius 3 is 2.76 bits per heavy atom. The van der Waals surface area contributed by atoms with Gasteiger partial charge < -0.3 is 10.2 Å². The molecule has 1 saturated carbocycles. The van der Waals surface area contributed by atoms with Gasteiger partial charge >= 0.3 is 0 Å². The second-order valence-corrected chi connectivity index (χ2v) is 6.18. The number of hydrogen-bond acceptors (Lipinski definition) is 2. The first-order valence-electron chi connectivity index (χ1n) is 7.10. The van der Waals surface area contributed by atoms with Crippen LogP contribution >= 0.6 is 0 Å². The van der Waals surface area contributed by atoms with Gasteiger partial charge in [-0.25, -0.2) is 0 Å². The molecule has 1 aliphatic carbocycles. The zero-order chi connectivity index (χ0) is 12.5. The third-order valence-corrected chi connectivity index (χ3v) is 4.52. The third kappa shape index (κ3) is 2.49. The van der Waals surface area contributed by atoms with Gasteiger partial charge in [0.25, 0.3) is 0 Å². The fourth-order valence-corrected chi connectivity index (χ4v) is 3.50. The highest BCUT2D eigenvalue weighted by Crippen LogP contribution is 2.40. The van der Waals surface area contributed by atoms with E-state index in [0.29, 0.717) is 17.4 Å². The minimum atomic E-state index is 0.0812. The van der Waals surface area contributed by atoms with Gasteiger partial charge in [0, 0.05) is 12.6 Å². The molecule has 0 bridgehead atoms. The van der Waals surface area contributed by atoms with Crippen LogP contribution in [0.1, 0.15) is 52.9 Å². The maximum absolute atomic E-state index is 12.3. The quantitative estimate of drug-likeness (QED) is 0.817. The van der Waals surface area contributed by atoms with E-state index in [-0.39, 0.29) is 6.04 Å². The third-order valence-electron chi connectivity index (χ3n) is 4.52. The van der Waals surface area contributed by atoms with Crippen molar-refractivity contribution in [2.45, 2.75) is 65.0 Å². The molecule has 1 aliphatic heterocycles. The second kappa shape index (κ2) is 4.97. The summed E-state index contributed by atoms with van der Waals surface area (Å²) in [6.07, 6.45) is 6.04. The molecule has 3 heteroatoms. The smallest absolute Gasteiger partial charge is 0.240 e. The lowest BCUT2D eigenvalue weighted by Crippen LogP contribution is -2.50. The summed E-state index contributed by atoms with van der Waals surface area (Å²) < 4.78 is 0. The van der Waals surface area contributed by atoms with Gasteiger partial charge in [-0.15, -0.1) is 0 Å². The van der Waals surface area contributed by atoms with Gasteiger partial charge in [-0.2, -0.15) is 0 Å². The van der Waals surface area contributed by atoms with E-state index in [1.54, 1.807) is 0 Å². The number of nitrogens with one attached hydrogen (secondary N) is 1. The fourth-order valence-electron chi connectivity index (χ4n) is 3.50. The summed E-state index contributed by atoms with van der Waals surface area (Å²) in [6.45, 7) is 8.55. The first kappa shape index (κ1) is 12.9. The Labute approximate surface area is 105 Å². The summed E-state index contributed by atoms with van der Waals surface area (Å²) in [4.78, 5) is 14.5. The van der Waals surface area contributed by atoms with Crippen LogP contribution in [0, 0.1) is 5.41 Å². The summed E-state index contributed by atoms with van der Waals surface area (Å²) in [5, 5.41) is 3.30. The molecule has 1 heterocycles. The van der Waals surface area contributed by atoms with Crippen molar-refractivity contribution in [3.8, 4) is 0 Å². The van der Waals surface area contributed by atoms with Crippen LogP contribution in [0.3, 0.4) is 0 Å². The standard InChI is InChI=1S/C14H26N2O/c1-4-15-11-8-10-16(13(11)17)12-7-5-6-9-14(12,2)3/h11-12,15H,4-10H2,1-3H3. The first-order valence-corrected chi connectivity index (χ1v) is 7.10. The molecule has 1 saturated heterocycles. The molecule has 0 aromatic rings. The van der Waals surface area contributed by atoms with E-state index >= 15 is 0 Å². The number of rotatable bonds is 3. The lowest BCUT2D eigenvalue weighted by atomic mass is 9.72. The van der Waals surface area contributed by atoms with Crippen molar-refractivity contribution in [3.63, 3.8) is 0 Å². The highest BCUT2D eigenvalue weighted by atomic mass is 16.2. The molecule has 2 aliphatic rings. The van der Waals surface area contributed by atoms with Crippen molar-refractivity contribution in [2.75, 3.05) is 13.1 Å². The molecular weight excluding hydrogens is 212 g/mol. The number of amides is 1. The van der Waals surface area contributed by atoms with E-state index < -0.39 is 0 Å². The van der Waals surface area contributed by atoms with Crippen LogP contribution < -0.4 is 5.32 Å². The van der Waals surface area contributed by atoms with Crippen LogP contribution in [0.15, 0.2) is 0 Å². The molecule has 2 fully saturated rings.